The van der Waals surface area contributed by atoms with Crippen molar-refractivity contribution in [1.82, 2.24) is 10.2 Å². The summed E-state index contributed by atoms with van der Waals surface area (Å²) in [7, 11) is 0. The zero-order chi connectivity index (χ0) is 5.98. The number of hydrogen-bond donors (Lipinski definition) is 1. The molecule has 0 atom stereocenters. The topological polar surface area (TPSA) is 28.7 Å². The van der Waals surface area contributed by atoms with Crippen LogP contribution >= 0.6 is 11.6 Å². The van der Waals surface area contributed by atoms with E-state index in [1.807, 2.05) is 13.3 Å². The Balaban J connectivity index is 2.92. The number of H-pyrrole nitrogens is 1. The van der Waals surface area contributed by atoms with Gasteiger partial charge in [0.15, 0.2) is 0 Å². The molecule has 0 aliphatic heterocycles. The number of nitrogens with one attached hydrogen (secondary N) is 1. The molecule has 1 aromatic heterocycles. The summed E-state index contributed by atoms with van der Waals surface area (Å²) in [5, 5.41) is 6.91. The quantitative estimate of drug-likeness (QED) is 0.614. The molecule has 1 heterocycles. The van der Waals surface area contributed by atoms with Gasteiger partial charge in [0.25, 0.3) is 0 Å². The van der Waals surface area contributed by atoms with Crippen molar-refractivity contribution in [3.63, 3.8) is 0 Å². The van der Waals surface area contributed by atoms with E-state index >= 15 is 0 Å². The van der Waals surface area contributed by atoms with Crippen LogP contribution in [0.15, 0.2) is 6.20 Å². The lowest BCUT2D eigenvalue weighted by Gasteiger charge is -1.83. The molecule has 0 amide bonds. The molecule has 3 heteroatoms. The molecule has 2 nitrogen and oxygen atoms in total. The van der Waals surface area contributed by atoms with Crippen molar-refractivity contribution in [2.75, 3.05) is 0 Å². The van der Waals surface area contributed by atoms with Gasteiger partial charge < -0.3 is 0 Å². The number of aromatic amines is 1. The third-order valence-electron chi connectivity index (χ3n) is 0.931. The van der Waals surface area contributed by atoms with Crippen LogP contribution in [0.1, 0.15) is 12.5 Å². The Hall–Kier alpha value is -0.500. The summed E-state index contributed by atoms with van der Waals surface area (Å²) in [4.78, 5) is 0. The molecule has 0 aliphatic carbocycles. The summed E-state index contributed by atoms with van der Waals surface area (Å²) in [6, 6.07) is 0. The molecule has 0 saturated heterocycles. The molecule has 43 valence electrons. The van der Waals surface area contributed by atoms with Crippen LogP contribution in [-0.4, -0.2) is 10.2 Å². The summed E-state index contributed by atoms with van der Waals surface area (Å²) in [5.74, 6) is 0. The van der Waals surface area contributed by atoms with Gasteiger partial charge in [0.1, 0.15) is 5.15 Å². The van der Waals surface area contributed by atoms with E-state index in [1.54, 1.807) is 6.20 Å². The third-order valence-corrected chi connectivity index (χ3v) is 1.23. The van der Waals surface area contributed by atoms with Gasteiger partial charge in [0.2, 0.25) is 0 Å². The maximum atomic E-state index is 5.59. The van der Waals surface area contributed by atoms with E-state index in [-0.39, 0.29) is 0 Å². The van der Waals surface area contributed by atoms with Crippen molar-refractivity contribution >= 4 is 11.6 Å². The monoisotopic (exact) mass is 129 g/mol. The molecule has 0 aliphatic rings. The molecule has 1 radical (unpaired) electrons. The van der Waals surface area contributed by atoms with Gasteiger partial charge >= 0.3 is 0 Å². The van der Waals surface area contributed by atoms with Crippen molar-refractivity contribution < 1.29 is 0 Å². The largest absolute Gasteiger partial charge is 0.267 e. The average molecular weight is 130 g/mol. The maximum Gasteiger partial charge on any atom is 0.127 e. The molecule has 1 rings (SSSR count). The van der Waals surface area contributed by atoms with E-state index in [4.69, 9.17) is 11.6 Å². The summed E-state index contributed by atoms with van der Waals surface area (Å²) in [6.07, 6.45) is 3.58. The van der Waals surface area contributed by atoms with Crippen LogP contribution in [0.5, 0.6) is 0 Å². The SMILES string of the molecule is C[CH]c1cn[nH]c1Cl. The van der Waals surface area contributed by atoms with Crippen LogP contribution in [-0.2, 0) is 0 Å². The lowest BCUT2D eigenvalue weighted by atomic mass is 10.3. The molecule has 0 aromatic carbocycles. The minimum Gasteiger partial charge on any atom is -0.267 e. The van der Waals surface area contributed by atoms with E-state index in [9.17, 15) is 0 Å². The first-order valence-corrected chi connectivity index (χ1v) is 2.70. The van der Waals surface area contributed by atoms with Crippen molar-refractivity contribution in [1.29, 1.82) is 0 Å². The Morgan fingerprint density at radius 3 is 2.88 bits per heavy atom. The standard InChI is InChI=1S/C5H6ClN2/c1-2-4-3-7-8-5(4)6/h2-3H,1H3,(H,7,8). The lowest BCUT2D eigenvalue weighted by molar-refractivity contribution is 1.09. The summed E-state index contributed by atoms with van der Waals surface area (Å²) in [5.41, 5.74) is 0.951. The molecule has 0 unspecified atom stereocenters. The molecule has 8 heavy (non-hydrogen) atoms. The Morgan fingerprint density at radius 2 is 2.62 bits per heavy atom. The third kappa shape index (κ3) is 0.842. The molecule has 0 spiro atoms. The molecular weight excluding hydrogens is 124 g/mol. The fourth-order valence-corrected chi connectivity index (χ4v) is 0.688. The van der Waals surface area contributed by atoms with Gasteiger partial charge in [-0.1, -0.05) is 18.5 Å². The number of rotatable bonds is 1. The van der Waals surface area contributed by atoms with Gasteiger partial charge in [-0.3, -0.25) is 5.10 Å². The molecule has 0 saturated carbocycles. The number of halogens is 1. The highest BCUT2D eigenvalue weighted by Gasteiger charge is 1.95. The van der Waals surface area contributed by atoms with E-state index in [1.165, 1.54) is 0 Å². The Labute approximate surface area is 52.9 Å². The number of hydrogen-bond acceptors (Lipinski definition) is 1. The van der Waals surface area contributed by atoms with E-state index in [0.717, 1.165) is 5.56 Å². The first-order chi connectivity index (χ1) is 3.84. The van der Waals surface area contributed by atoms with Gasteiger partial charge in [-0.15, -0.1) is 0 Å². The van der Waals surface area contributed by atoms with Crippen LogP contribution in [0.2, 0.25) is 5.15 Å². The molecule has 1 aromatic rings. The van der Waals surface area contributed by atoms with Crippen molar-refractivity contribution in [2.45, 2.75) is 6.92 Å². The van der Waals surface area contributed by atoms with E-state index < -0.39 is 0 Å². The lowest BCUT2D eigenvalue weighted by Crippen LogP contribution is -1.69. The second kappa shape index (κ2) is 2.18. The highest BCUT2D eigenvalue weighted by molar-refractivity contribution is 6.30. The zero-order valence-electron chi connectivity index (χ0n) is 4.48. The maximum absolute atomic E-state index is 5.59. The second-order valence-electron chi connectivity index (χ2n) is 1.43. The Morgan fingerprint density at radius 1 is 1.88 bits per heavy atom. The van der Waals surface area contributed by atoms with Crippen molar-refractivity contribution in [2.24, 2.45) is 0 Å². The van der Waals surface area contributed by atoms with Crippen LogP contribution in [0, 0.1) is 6.42 Å². The fraction of sp³-hybridized carbons (Fsp3) is 0.200. The smallest absolute Gasteiger partial charge is 0.127 e. The van der Waals surface area contributed by atoms with Gasteiger partial charge in [0, 0.05) is 5.56 Å². The van der Waals surface area contributed by atoms with Crippen LogP contribution < -0.4 is 0 Å². The predicted molar refractivity (Wildman–Crippen MR) is 32.7 cm³/mol. The van der Waals surface area contributed by atoms with Crippen molar-refractivity contribution in [3.05, 3.63) is 23.3 Å². The van der Waals surface area contributed by atoms with E-state index in [0.29, 0.717) is 5.15 Å². The second-order valence-corrected chi connectivity index (χ2v) is 1.81. The summed E-state index contributed by atoms with van der Waals surface area (Å²) < 4.78 is 0. The van der Waals surface area contributed by atoms with Gasteiger partial charge in [-0.25, -0.2) is 0 Å². The first kappa shape index (κ1) is 5.63. The number of aromatic nitrogens is 2. The van der Waals surface area contributed by atoms with Gasteiger partial charge in [0.05, 0.1) is 6.20 Å². The van der Waals surface area contributed by atoms with E-state index in [2.05, 4.69) is 10.2 Å². The first-order valence-electron chi connectivity index (χ1n) is 2.33. The normalized spacial score (nSPS) is 9.75. The molecule has 0 bridgehead atoms. The number of nitrogens with zero attached hydrogens (tertiary/aromatic N) is 1. The van der Waals surface area contributed by atoms with Crippen LogP contribution in [0.25, 0.3) is 0 Å². The zero-order valence-corrected chi connectivity index (χ0v) is 5.24. The fourth-order valence-electron chi connectivity index (χ4n) is 0.481. The summed E-state index contributed by atoms with van der Waals surface area (Å²) >= 11 is 5.59. The van der Waals surface area contributed by atoms with Gasteiger partial charge in [-0.05, 0) is 6.42 Å². The minimum absolute atomic E-state index is 0.604. The Kier molecular flexibility index (Phi) is 1.53. The van der Waals surface area contributed by atoms with Crippen LogP contribution in [0.4, 0.5) is 0 Å². The molecular formula is C5H6ClN2. The predicted octanol–water partition coefficient (Wildman–Crippen LogP) is 1.64. The molecule has 0 fully saturated rings. The minimum atomic E-state index is 0.604. The highest BCUT2D eigenvalue weighted by Crippen LogP contribution is 2.11. The highest BCUT2D eigenvalue weighted by atomic mass is 35.5. The average Bonchev–Trinajstić information content (AvgIpc) is 2.14. The van der Waals surface area contributed by atoms with Gasteiger partial charge in [-0.2, -0.15) is 5.10 Å². The molecule has 1 N–H and O–H groups in total. The van der Waals surface area contributed by atoms with Crippen LogP contribution in [0.3, 0.4) is 0 Å². The summed E-state index contributed by atoms with van der Waals surface area (Å²) in [6.45, 7) is 1.91. The van der Waals surface area contributed by atoms with Crippen molar-refractivity contribution in [3.8, 4) is 0 Å². The Bertz CT molecular complexity index is 171.